The maximum Gasteiger partial charge on any atom is 0.119 e. The SMILES string of the molecule is c1cc(OCC2CN2CC2CC2)ccc1CN1CCOCC1. The largest absolute Gasteiger partial charge is 0.492 e. The van der Waals surface area contributed by atoms with Gasteiger partial charge in [-0.05, 0) is 36.5 Å². The van der Waals surface area contributed by atoms with Crippen LogP contribution < -0.4 is 4.74 Å². The average molecular weight is 302 g/mol. The summed E-state index contributed by atoms with van der Waals surface area (Å²) in [5.74, 6) is 1.99. The molecule has 2 heterocycles. The van der Waals surface area contributed by atoms with Gasteiger partial charge in [0.1, 0.15) is 12.4 Å². The van der Waals surface area contributed by atoms with Crippen molar-refractivity contribution in [1.29, 1.82) is 0 Å². The minimum atomic E-state index is 0.661. The van der Waals surface area contributed by atoms with Crippen molar-refractivity contribution in [3.63, 3.8) is 0 Å². The molecule has 4 nitrogen and oxygen atoms in total. The lowest BCUT2D eigenvalue weighted by Gasteiger charge is -2.26. The molecule has 2 unspecified atom stereocenters. The second-order valence-corrected chi connectivity index (χ2v) is 6.89. The Labute approximate surface area is 133 Å². The molecular weight excluding hydrogens is 276 g/mol. The maximum absolute atomic E-state index is 5.93. The standard InChI is InChI=1S/C18H26N2O2/c1-2-16(1)12-20-13-17(20)14-22-18-5-3-15(4-6-18)11-19-7-9-21-10-8-19/h3-6,16-17H,1-2,7-14H2. The van der Waals surface area contributed by atoms with E-state index in [-0.39, 0.29) is 0 Å². The first-order chi connectivity index (χ1) is 10.9. The van der Waals surface area contributed by atoms with Crippen LogP contribution in [-0.4, -0.2) is 61.8 Å². The maximum atomic E-state index is 5.93. The summed E-state index contributed by atoms with van der Waals surface area (Å²) in [5, 5.41) is 0. The van der Waals surface area contributed by atoms with Crippen molar-refractivity contribution in [3.05, 3.63) is 29.8 Å². The van der Waals surface area contributed by atoms with E-state index < -0.39 is 0 Å². The molecule has 3 fully saturated rings. The Bertz CT molecular complexity index is 480. The van der Waals surface area contributed by atoms with E-state index in [9.17, 15) is 0 Å². The molecule has 0 spiro atoms. The van der Waals surface area contributed by atoms with Gasteiger partial charge in [-0.2, -0.15) is 0 Å². The van der Waals surface area contributed by atoms with Gasteiger partial charge in [0.25, 0.3) is 0 Å². The molecule has 1 aliphatic carbocycles. The van der Waals surface area contributed by atoms with Gasteiger partial charge < -0.3 is 9.47 Å². The fourth-order valence-electron chi connectivity index (χ4n) is 3.14. The Balaban J connectivity index is 1.20. The topological polar surface area (TPSA) is 24.7 Å². The van der Waals surface area contributed by atoms with Crippen molar-refractivity contribution in [2.24, 2.45) is 5.92 Å². The zero-order chi connectivity index (χ0) is 14.8. The molecule has 0 aromatic heterocycles. The minimum absolute atomic E-state index is 0.661. The van der Waals surface area contributed by atoms with Gasteiger partial charge in [0.15, 0.2) is 0 Å². The van der Waals surface area contributed by atoms with Crippen molar-refractivity contribution in [1.82, 2.24) is 9.80 Å². The van der Waals surface area contributed by atoms with Crippen molar-refractivity contribution in [2.45, 2.75) is 25.4 Å². The predicted molar refractivity (Wildman–Crippen MR) is 86.1 cm³/mol. The molecule has 1 saturated carbocycles. The average Bonchev–Trinajstić information content (AvgIpc) is 3.47. The molecule has 0 bridgehead atoms. The Morgan fingerprint density at radius 2 is 1.86 bits per heavy atom. The first-order valence-electron chi connectivity index (χ1n) is 8.63. The monoisotopic (exact) mass is 302 g/mol. The van der Waals surface area contributed by atoms with Gasteiger partial charge in [0.2, 0.25) is 0 Å². The highest BCUT2D eigenvalue weighted by atomic mass is 16.5. The second-order valence-electron chi connectivity index (χ2n) is 6.89. The Morgan fingerprint density at radius 1 is 1.09 bits per heavy atom. The van der Waals surface area contributed by atoms with E-state index in [0.717, 1.165) is 51.1 Å². The summed E-state index contributed by atoms with van der Waals surface area (Å²) in [4.78, 5) is 4.99. The van der Waals surface area contributed by atoms with Crippen LogP contribution in [0.4, 0.5) is 0 Å². The van der Waals surface area contributed by atoms with E-state index in [1.807, 2.05) is 0 Å². The number of nitrogens with zero attached hydrogens (tertiary/aromatic N) is 2. The lowest BCUT2D eigenvalue weighted by Crippen LogP contribution is -2.35. The van der Waals surface area contributed by atoms with Gasteiger partial charge in [0, 0.05) is 32.7 Å². The van der Waals surface area contributed by atoms with E-state index in [0.29, 0.717) is 6.04 Å². The molecule has 4 rings (SSSR count). The van der Waals surface area contributed by atoms with Crippen molar-refractivity contribution >= 4 is 0 Å². The summed E-state index contributed by atoms with van der Waals surface area (Å²) in [7, 11) is 0. The quantitative estimate of drug-likeness (QED) is 0.719. The highest BCUT2D eigenvalue weighted by molar-refractivity contribution is 5.27. The van der Waals surface area contributed by atoms with Crippen LogP contribution in [0.15, 0.2) is 24.3 Å². The third-order valence-corrected chi connectivity index (χ3v) is 4.89. The Kier molecular flexibility index (Phi) is 4.33. The van der Waals surface area contributed by atoms with E-state index in [2.05, 4.69) is 34.1 Å². The Hall–Kier alpha value is -1.10. The molecule has 0 radical (unpaired) electrons. The molecule has 120 valence electrons. The second kappa shape index (κ2) is 6.57. The molecule has 0 amide bonds. The first-order valence-corrected chi connectivity index (χ1v) is 8.63. The van der Waals surface area contributed by atoms with Crippen LogP contribution in [0, 0.1) is 5.92 Å². The fraction of sp³-hybridized carbons (Fsp3) is 0.667. The molecule has 2 saturated heterocycles. The summed E-state index contributed by atoms with van der Waals surface area (Å²) in [6, 6.07) is 9.28. The third kappa shape index (κ3) is 4.00. The molecule has 0 N–H and O–H groups in total. The van der Waals surface area contributed by atoms with Crippen LogP contribution in [0.2, 0.25) is 0 Å². The highest BCUT2D eigenvalue weighted by Gasteiger charge is 2.38. The van der Waals surface area contributed by atoms with Gasteiger partial charge in [-0.1, -0.05) is 12.1 Å². The highest BCUT2D eigenvalue weighted by Crippen LogP contribution is 2.33. The zero-order valence-electron chi connectivity index (χ0n) is 13.2. The van der Waals surface area contributed by atoms with Crippen LogP contribution in [0.1, 0.15) is 18.4 Å². The number of ether oxygens (including phenoxy) is 2. The van der Waals surface area contributed by atoms with Gasteiger partial charge in [0.05, 0.1) is 19.3 Å². The molecule has 4 heteroatoms. The van der Waals surface area contributed by atoms with Gasteiger partial charge in [-0.15, -0.1) is 0 Å². The third-order valence-electron chi connectivity index (χ3n) is 4.89. The Morgan fingerprint density at radius 3 is 2.59 bits per heavy atom. The van der Waals surface area contributed by atoms with Crippen LogP contribution in [0.25, 0.3) is 0 Å². The number of morpholine rings is 1. The summed E-state index contributed by atoms with van der Waals surface area (Å²) in [5.41, 5.74) is 1.36. The van der Waals surface area contributed by atoms with Crippen LogP contribution in [0.3, 0.4) is 0 Å². The molecule has 2 atom stereocenters. The lowest BCUT2D eigenvalue weighted by atomic mass is 10.2. The van der Waals surface area contributed by atoms with Crippen LogP contribution >= 0.6 is 0 Å². The van der Waals surface area contributed by atoms with E-state index in [4.69, 9.17) is 9.47 Å². The van der Waals surface area contributed by atoms with Gasteiger partial charge in [-0.25, -0.2) is 0 Å². The number of rotatable bonds is 7. The summed E-state index contributed by atoms with van der Waals surface area (Å²) in [6.07, 6.45) is 2.88. The van der Waals surface area contributed by atoms with E-state index in [1.54, 1.807) is 0 Å². The predicted octanol–water partition coefficient (Wildman–Crippen LogP) is 1.99. The van der Waals surface area contributed by atoms with Crippen LogP contribution in [0.5, 0.6) is 5.75 Å². The van der Waals surface area contributed by atoms with Crippen molar-refractivity contribution in [2.75, 3.05) is 46.0 Å². The normalized spacial score (nSPS) is 28.5. The lowest BCUT2D eigenvalue weighted by molar-refractivity contribution is 0.0342. The van der Waals surface area contributed by atoms with E-state index >= 15 is 0 Å². The van der Waals surface area contributed by atoms with E-state index in [1.165, 1.54) is 31.5 Å². The number of hydrogen-bond acceptors (Lipinski definition) is 4. The molecule has 3 aliphatic rings. The number of hydrogen-bond donors (Lipinski definition) is 0. The number of benzene rings is 1. The fourth-order valence-corrected chi connectivity index (χ4v) is 3.14. The minimum Gasteiger partial charge on any atom is -0.492 e. The van der Waals surface area contributed by atoms with Crippen molar-refractivity contribution < 1.29 is 9.47 Å². The smallest absolute Gasteiger partial charge is 0.119 e. The van der Waals surface area contributed by atoms with Gasteiger partial charge in [-0.3, -0.25) is 9.80 Å². The zero-order valence-corrected chi connectivity index (χ0v) is 13.2. The summed E-state index contributed by atoms with van der Waals surface area (Å²) < 4.78 is 11.3. The molecule has 1 aromatic carbocycles. The summed E-state index contributed by atoms with van der Waals surface area (Å²) >= 11 is 0. The first kappa shape index (κ1) is 14.5. The molecule has 2 aliphatic heterocycles. The molecular formula is C18H26N2O2. The van der Waals surface area contributed by atoms with Crippen LogP contribution in [-0.2, 0) is 11.3 Å². The molecule has 22 heavy (non-hydrogen) atoms. The van der Waals surface area contributed by atoms with Gasteiger partial charge >= 0.3 is 0 Å². The summed E-state index contributed by atoms with van der Waals surface area (Å²) in [6.45, 7) is 8.18. The van der Waals surface area contributed by atoms with Crippen molar-refractivity contribution in [3.8, 4) is 5.75 Å². The molecule has 1 aromatic rings.